The first-order valence-electron chi connectivity index (χ1n) is 7.87. The van der Waals surface area contributed by atoms with E-state index < -0.39 is 5.97 Å². The maximum Gasteiger partial charge on any atom is 0.317 e. The Labute approximate surface area is 125 Å². The Morgan fingerprint density at radius 3 is 2.76 bits per heavy atom. The van der Waals surface area contributed by atoms with E-state index in [1.807, 2.05) is 0 Å². The van der Waals surface area contributed by atoms with E-state index in [9.17, 15) is 9.59 Å². The molecule has 0 aromatic carbocycles. The number of carboxylic acids is 1. The Hall–Kier alpha value is -1.30. The van der Waals surface area contributed by atoms with Crippen molar-refractivity contribution in [3.63, 3.8) is 0 Å². The zero-order chi connectivity index (χ0) is 15.2. The summed E-state index contributed by atoms with van der Waals surface area (Å²) >= 11 is 0. The minimum atomic E-state index is -0.737. The standard InChI is InChI=1S/C15H26N2O4/c1-17(9-11-4-3-7-21-10-11)15(20)16-8-12-5-2-6-13(12)14(18)19/h11-13H,2-10H2,1H3,(H,16,20)(H,18,19). The van der Waals surface area contributed by atoms with Gasteiger partial charge < -0.3 is 20.1 Å². The van der Waals surface area contributed by atoms with Crippen LogP contribution in [0.15, 0.2) is 0 Å². The number of carbonyl (C=O) groups is 2. The fourth-order valence-corrected chi connectivity index (χ4v) is 3.38. The van der Waals surface area contributed by atoms with Crippen LogP contribution >= 0.6 is 0 Å². The highest BCUT2D eigenvalue weighted by Crippen LogP contribution is 2.31. The van der Waals surface area contributed by atoms with Gasteiger partial charge >= 0.3 is 12.0 Å². The summed E-state index contributed by atoms with van der Waals surface area (Å²) in [4.78, 5) is 24.9. The maximum atomic E-state index is 12.1. The van der Waals surface area contributed by atoms with Crippen LogP contribution in [0.3, 0.4) is 0 Å². The highest BCUT2D eigenvalue weighted by atomic mass is 16.5. The van der Waals surface area contributed by atoms with Gasteiger partial charge in [-0.3, -0.25) is 4.79 Å². The number of nitrogens with one attached hydrogen (secondary N) is 1. The van der Waals surface area contributed by atoms with Crippen molar-refractivity contribution in [2.45, 2.75) is 32.1 Å². The topological polar surface area (TPSA) is 78.9 Å². The molecule has 1 saturated heterocycles. The van der Waals surface area contributed by atoms with Crippen LogP contribution in [0.1, 0.15) is 32.1 Å². The van der Waals surface area contributed by atoms with Crippen molar-refractivity contribution in [2.24, 2.45) is 17.8 Å². The summed E-state index contributed by atoms with van der Waals surface area (Å²) in [6.07, 6.45) is 4.71. The molecule has 2 aliphatic rings. The van der Waals surface area contributed by atoms with Gasteiger partial charge in [-0.1, -0.05) is 6.42 Å². The summed E-state index contributed by atoms with van der Waals surface area (Å²) in [6, 6.07) is -0.114. The first kappa shape index (κ1) is 16.1. The summed E-state index contributed by atoms with van der Waals surface area (Å²) in [6.45, 7) is 2.70. The Morgan fingerprint density at radius 2 is 2.10 bits per heavy atom. The summed E-state index contributed by atoms with van der Waals surface area (Å²) < 4.78 is 5.42. The molecule has 3 atom stereocenters. The molecule has 0 aromatic heterocycles. The normalized spacial score (nSPS) is 29.1. The van der Waals surface area contributed by atoms with Crippen LogP contribution in [0.2, 0.25) is 0 Å². The number of aliphatic carboxylic acids is 1. The summed E-state index contributed by atoms with van der Waals surface area (Å²) in [5.41, 5.74) is 0. The summed E-state index contributed by atoms with van der Waals surface area (Å²) in [5, 5.41) is 12.0. The molecule has 0 spiro atoms. The lowest BCUT2D eigenvalue weighted by Crippen LogP contribution is -2.43. The van der Waals surface area contributed by atoms with E-state index in [1.54, 1.807) is 11.9 Å². The van der Waals surface area contributed by atoms with Gasteiger partial charge in [0.15, 0.2) is 0 Å². The Morgan fingerprint density at radius 1 is 1.29 bits per heavy atom. The van der Waals surface area contributed by atoms with Gasteiger partial charge in [-0.25, -0.2) is 4.79 Å². The van der Waals surface area contributed by atoms with Gasteiger partial charge in [0.25, 0.3) is 0 Å². The number of hydrogen-bond acceptors (Lipinski definition) is 3. The average molecular weight is 298 g/mol. The van der Waals surface area contributed by atoms with E-state index >= 15 is 0 Å². The van der Waals surface area contributed by atoms with Gasteiger partial charge in [0.2, 0.25) is 0 Å². The molecule has 0 radical (unpaired) electrons. The van der Waals surface area contributed by atoms with Crippen LogP contribution < -0.4 is 5.32 Å². The molecule has 2 rings (SSSR count). The largest absolute Gasteiger partial charge is 0.481 e. The second kappa shape index (κ2) is 7.64. The van der Waals surface area contributed by atoms with E-state index in [2.05, 4.69) is 5.32 Å². The lowest BCUT2D eigenvalue weighted by molar-refractivity contribution is -0.142. The number of ether oxygens (including phenoxy) is 1. The number of carbonyl (C=O) groups excluding carboxylic acids is 1. The molecule has 6 heteroatoms. The number of amides is 2. The third kappa shape index (κ3) is 4.59. The fourth-order valence-electron chi connectivity index (χ4n) is 3.38. The minimum absolute atomic E-state index is 0.0675. The van der Waals surface area contributed by atoms with E-state index in [1.165, 1.54) is 0 Å². The van der Waals surface area contributed by atoms with Crippen molar-refractivity contribution in [3.8, 4) is 0 Å². The molecule has 3 unspecified atom stereocenters. The molecule has 2 fully saturated rings. The first-order chi connectivity index (χ1) is 10.1. The van der Waals surface area contributed by atoms with Crippen molar-refractivity contribution in [1.82, 2.24) is 10.2 Å². The zero-order valence-electron chi connectivity index (χ0n) is 12.7. The van der Waals surface area contributed by atoms with E-state index in [4.69, 9.17) is 9.84 Å². The van der Waals surface area contributed by atoms with Crippen LogP contribution in [-0.4, -0.2) is 55.4 Å². The third-order valence-electron chi connectivity index (χ3n) is 4.63. The van der Waals surface area contributed by atoms with Crippen molar-refractivity contribution in [3.05, 3.63) is 0 Å². The van der Waals surface area contributed by atoms with Crippen molar-refractivity contribution in [2.75, 3.05) is 33.4 Å². The first-order valence-corrected chi connectivity index (χ1v) is 7.87. The van der Waals surface area contributed by atoms with E-state index in [0.29, 0.717) is 19.0 Å². The van der Waals surface area contributed by atoms with Gasteiger partial charge in [-0.2, -0.15) is 0 Å². The molecule has 0 aromatic rings. The van der Waals surface area contributed by atoms with Crippen molar-refractivity contribution in [1.29, 1.82) is 0 Å². The highest BCUT2D eigenvalue weighted by molar-refractivity contribution is 5.74. The number of nitrogens with zero attached hydrogens (tertiary/aromatic N) is 1. The molecular formula is C15H26N2O4. The molecular weight excluding hydrogens is 272 g/mol. The van der Waals surface area contributed by atoms with Gasteiger partial charge in [-0.15, -0.1) is 0 Å². The summed E-state index contributed by atoms with van der Waals surface area (Å²) in [7, 11) is 1.78. The van der Waals surface area contributed by atoms with Crippen LogP contribution in [0, 0.1) is 17.8 Å². The molecule has 0 bridgehead atoms. The van der Waals surface area contributed by atoms with Gasteiger partial charge in [0.1, 0.15) is 0 Å². The fraction of sp³-hybridized carbons (Fsp3) is 0.867. The second-order valence-corrected chi connectivity index (χ2v) is 6.29. The van der Waals surface area contributed by atoms with Gasteiger partial charge in [0.05, 0.1) is 12.5 Å². The second-order valence-electron chi connectivity index (χ2n) is 6.29. The minimum Gasteiger partial charge on any atom is -0.481 e. The van der Waals surface area contributed by atoms with Crippen molar-refractivity contribution < 1.29 is 19.4 Å². The number of hydrogen-bond donors (Lipinski definition) is 2. The van der Waals surface area contributed by atoms with Crippen LogP contribution in [-0.2, 0) is 9.53 Å². The average Bonchev–Trinajstić information content (AvgIpc) is 2.94. The van der Waals surface area contributed by atoms with Gasteiger partial charge in [-0.05, 0) is 31.6 Å². The molecule has 120 valence electrons. The lowest BCUT2D eigenvalue weighted by atomic mass is 9.96. The smallest absolute Gasteiger partial charge is 0.317 e. The predicted molar refractivity (Wildman–Crippen MR) is 78.0 cm³/mol. The highest BCUT2D eigenvalue weighted by Gasteiger charge is 2.33. The number of urea groups is 1. The molecule has 1 saturated carbocycles. The van der Waals surface area contributed by atoms with E-state index in [-0.39, 0.29) is 17.9 Å². The SMILES string of the molecule is CN(CC1CCCOC1)C(=O)NCC1CCCC1C(=O)O. The molecule has 21 heavy (non-hydrogen) atoms. The summed E-state index contributed by atoms with van der Waals surface area (Å²) in [5.74, 6) is -0.563. The van der Waals surface area contributed by atoms with Crippen molar-refractivity contribution >= 4 is 12.0 Å². The predicted octanol–water partition coefficient (Wildman–Crippen LogP) is 1.56. The maximum absolute atomic E-state index is 12.1. The lowest BCUT2D eigenvalue weighted by Gasteiger charge is -2.27. The quantitative estimate of drug-likeness (QED) is 0.807. The number of rotatable bonds is 5. The van der Waals surface area contributed by atoms with E-state index in [0.717, 1.165) is 45.3 Å². The monoisotopic (exact) mass is 298 g/mol. The molecule has 6 nitrogen and oxygen atoms in total. The molecule has 2 N–H and O–H groups in total. The molecule has 1 aliphatic carbocycles. The van der Waals surface area contributed by atoms with Crippen LogP contribution in [0.25, 0.3) is 0 Å². The zero-order valence-corrected chi connectivity index (χ0v) is 12.7. The van der Waals surface area contributed by atoms with Gasteiger partial charge in [0, 0.05) is 32.7 Å². The molecule has 1 heterocycles. The Balaban J connectivity index is 1.71. The van der Waals surface area contributed by atoms with Crippen LogP contribution in [0.4, 0.5) is 4.79 Å². The molecule has 1 aliphatic heterocycles. The Bertz CT molecular complexity index is 369. The molecule has 2 amide bonds. The third-order valence-corrected chi connectivity index (χ3v) is 4.63. The number of carboxylic acid groups (broad SMARTS) is 1. The Kier molecular flexibility index (Phi) is 5.85. The van der Waals surface area contributed by atoms with Crippen LogP contribution in [0.5, 0.6) is 0 Å².